The van der Waals surface area contributed by atoms with Crippen molar-refractivity contribution in [2.45, 2.75) is 20.0 Å². The Hall–Kier alpha value is -3.68. The molecule has 0 radical (unpaired) electrons. The number of hydrogen-bond acceptors (Lipinski definition) is 6. The van der Waals surface area contributed by atoms with E-state index in [4.69, 9.17) is 10.5 Å². The summed E-state index contributed by atoms with van der Waals surface area (Å²) in [5.74, 6) is 0.268. The normalized spacial score (nSPS) is 13.8. The molecule has 0 unspecified atom stereocenters. The zero-order valence-corrected chi connectivity index (χ0v) is 16.0. The standard InChI is InChI=1S/C21H19FN6O/c1-10(2)29-16-7-12-17(11-3-4-14(22)18-13(11)8-27-28-18)15(23)9-26-19(12)21-20(16)24-5-6-25-21/h3-8,10,26H,9,23H2,1-2H3,(H,27,28). The molecule has 0 atom stereocenters. The number of aromatic amines is 1. The molecule has 4 N–H and O–H groups in total. The molecule has 4 aromatic rings. The zero-order chi connectivity index (χ0) is 20.1. The fourth-order valence-corrected chi connectivity index (χ4v) is 3.80. The van der Waals surface area contributed by atoms with E-state index in [1.54, 1.807) is 24.7 Å². The second-order valence-electron chi connectivity index (χ2n) is 7.22. The minimum absolute atomic E-state index is 0.0361. The number of rotatable bonds is 3. The molecule has 7 nitrogen and oxygen atoms in total. The highest BCUT2D eigenvalue weighted by Gasteiger charge is 2.26. The van der Waals surface area contributed by atoms with Crippen LogP contribution in [0.1, 0.15) is 25.0 Å². The quantitative estimate of drug-likeness (QED) is 0.494. The second-order valence-corrected chi connectivity index (χ2v) is 7.22. The summed E-state index contributed by atoms with van der Waals surface area (Å²) in [4.78, 5) is 9.01. The molecule has 2 aromatic carbocycles. The van der Waals surface area contributed by atoms with E-state index in [0.717, 1.165) is 22.4 Å². The maximum atomic E-state index is 14.2. The van der Waals surface area contributed by atoms with Gasteiger partial charge in [-0.2, -0.15) is 5.10 Å². The summed E-state index contributed by atoms with van der Waals surface area (Å²) in [7, 11) is 0. The number of fused-ring (bicyclic) bond motifs is 4. The summed E-state index contributed by atoms with van der Waals surface area (Å²) in [6, 6.07) is 5.08. The van der Waals surface area contributed by atoms with Gasteiger partial charge in [0.25, 0.3) is 0 Å². The molecule has 8 heteroatoms. The van der Waals surface area contributed by atoms with Crippen LogP contribution in [0.2, 0.25) is 0 Å². The number of anilines is 1. The molecule has 5 rings (SSSR count). The number of H-pyrrole nitrogens is 1. The smallest absolute Gasteiger partial charge is 0.148 e. The largest absolute Gasteiger partial charge is 0.489 e. The third kappa shape index (κ3) is 2.67. The first-order chi connectivity index (χ1) is 14.0. The van der Waals surface area contributed by atoms with E-state index >= 15 is 0 Å². The fraction of sp³-hybridized carbons (Fsp3) is 0.190. The summed E-state index contributed by atoms with van der Waals surface area (Å²) in [5, 5.41) is 10.8. The molecule has 0 spiro atoms. The Kier molecular flexibility index (Phi) is 3.87. The van der Waals surface area contributed by atoms with Crippen molar-refractivity contribution in [1.82, 2.24) is 20.2 Å². The highest BCUT2D eigenvalue weighted by Crippen LogP contribution is 2.43. The number of nitrogens with one attached hydrogen (secondary N) is 2. The molecule has 0 fully saturated rings. The van der Waals surface area contributed by atoms with Gasteiger partial charge in [-0.1, -0.05) is 6.07 Å². The van der Waals surface area contributed by atoms with Gasteiger partial charge in [-0.05, 0) is 31.5 Å². The molecular weight excluding hydrogens is 371 g/mol. The maximum absolute atomic E-state index is 14.2. The van der Waals surface area contributed by atoms with Crippen molar-refractivity contribution in [3.63, 3.8) is 0 Å². The van der Waals surface area contributed by atoms with Crippen LogP contribution in [0.25, 0.3) is 27.5 Å². The van der Waals surface area contributed by atoms with Crippen LogP contribution in [0, 0.1) is 5.82 Å². The number of hydrogen-bond donors (Lipinski definition) is 3. The Morgan fingerprint density at radius 2 is 1.93 bits per heavy atom. The molecule has 0 aliphatic carbocycles. The molecule has 0 saturated heterocycles. The van der Waals surface area contributed by atoms with E-state index in [1.165, 1.54) is 6.07 Å². The lowest BCUT2D eigenvalue weighted by molar-refractivity contribution is 0.245. The molecule has 1 aliphatic heterocycles. The van der Waals surface area contributed by atoms with Gasteiger partial charge in [0, 0.05) is 34.6 Å². The molecule has 0 bridgehead atoms. The monoisotopic (exact) mass is 390 g/mol. The van der Waals surface area contributed by atoms with Crippen molar-refractivity contribution < 1.29 is 9.13 Å². The van der Waals surface area contributed by atoms with E-state index in [1.807, 2.05) is 19.9 Å². The van der Waals surface area contributed by atoms with Crippen LogP contribution in [-0.2, 0) is 0 Å². The Bertz CT molecular complexity index is 1290. The molecule has 0 saturated carbocycles. The van der Waals surface area contributed by atoms with Gasteiger partial charge in [0.15, 0.2) is 0 Å². The summed E-state index contributed by atoms with van der Waals surface area (Å²) in [6.45, 7) is 4.36. The third-order valence-electron chi connectivity index (χ3n) is 4.96. The summed E-state index contributed by atoms with van der Waals surface area (Å²) in [6.07, 6.45) is 4.87. The van der Waals surface area contributed by atoms with Gasteiger partial charge in [-0.3, -0.25) is 10.1 Å². The van der Waals surface area contributed by atoms with Gasteiger partial charge in [0.05, 0.1) is 24.5 Å². The summed E-state index contributed by atoms with van der Waals surface area (Å²) in [5.41, 5.74) is 12.1. The first-order valence-corrected chi connectivity index (χ1v) is 9.33. The first-order valence-electron chi connectivity index (χ1n) is 9.33. The third-order valence-corrected chi connectivity index (χ3v) is 4.96. The minimum Gasteiger partial charge on any atom is -0.489 e. The van der Waals surface area contributed by atoms with Gasteiger partial charge in [-0.15, -0.1) is 0 Å². The average Bonchev–Trinajstić information content (AvgIpc) is 3.20. The van der Waals surface area contributed by atoms with E-state index in [9.17, 15) is 4.39 Å². The lowest BCUT2D eigenvalue weighted by atomic mass is 9.89. The van der Waals surface area contributed by atoms with Gasteiger partial charge >= 0.3 is 0 Å². The van der Waals surface area contributed by atoms with Crippen molar-refractivity contribution in [2.24, 2.45) is 5.73 Å². The van der Waals surface area contributed by atoms with Crippen LogP contribution in [0.4, 0.5) is 10.1 Å². The second kappa shape index (κ2) is 6.44. The van der Waals surface area contributed by atoms with Crippen LogP contribution < -0.4 is 15.8 Å². The topological polar surface area (TPSA) is 102 Å². The number of nitrogens with zero attached hydrogens (tertiary/aromatic N) is 3. The molecule has 3 heterocycles. The number of benzene rings is 2. The van der Waals surface area contributed by atoms with E-state index in [2.05, 4.69) is 25.5 Å². The maximum Gasteiger partial charge on any atom is 0.148 e. The Morgan fingerprint density at radius 3 is 2.72 bits per heavy atom. The molecule has 29 heavy (non-hydrogen) atoms. The Labute approximate surface area is 165 Å². The van der Waals surface area contributed by atoms with Crippen molar-refractivity contribution in [3.05, 3.63) is 59.4 Å². The highest BCUT2D eigenvalue weighted by molar-refractivity contribution is 6.06. The van der Waals surface area contributed by atoms with Crippen LogP contribution in [0.5, 0.6) is 5.75 Å². The molecular formula is C21H19FN6O. The van der Waals surface area contributed by atoms with Gasteiger partial charge in [0.1, 0.15) is 28.1 Å². The van der Waals surface area contributed by atoms with Crippen molar-refractivity contribution in [1.29, 1.82) is 0 Å². The van der Waals surface area contributed by atoms with Crippen LogP contribution in [0.3, 0.4) is 0 Å². The lowest BCUT2D eigenvalue weighted by Crippen LogP contribution is -2.21. The molecule has 1 aliphatic rings. The summed E-state index contributed by atoms with van der Waals surface area (Å²) < 4.78 is 20.2. The highest BCUT2D eigenvalue weighted by atomic mass is 19.1. The minimum atomic E-state index is -0.359. The van der Waals surface area contributed by atoms with Crippen molar-refractivity contribution in [3.8, 4) is 5.75 Å². The molecule has 0 amide bonds. The van der Waals surface area contributed by atoms with Crippen LogP contribution in [0.15, 0.2) is 42.5 Å². The van der Waals surface area contributed by atoms with Crippen LogP contribution >= 0.6 is 0 Å². The summed E-state index contributed by atoms with van der Waals surface area (Å²) >= 11 is 0. The number of nitrogens with two attached hydrogens (primary N) is 1. The predicted molar refractivity (Wildman–Crippen MR) is 110 cm³/mol. The van der Waals surface area contributed by atoms with E-state index in [-0.39, 0.29) is 11.9 Å². The zero-order valence-electron chi connectivity index (χ0n) is 16.0. The van der Waals surface area contributed by atoms with Crippen LogP contribution in [-0.4, -0.2) is 32.8 Å². The molecule has 2 aromatic heterocycles. The Morgan fingerprint density at radius 1 is 1.14 bits per heavy atom. The number of ether oxygens (including phenoxy) is 1. The van der Waals surface area contributed by atoms with Gasteiger partial charge in [0.2, 0.25) is 0 Å². The van der Waals surface area contributed by atoms with Gasteiger partial charge in [-0.25, -0.2) is 9.37 Å². The fourth-order valence-electron chi connectivity index (χ4n) is 3.80. The molecule has 146 valence electrons. The van der Waals surface area contributed by atoms with E-state index in [0.29, 0.717) is 39.9 Å². The van der Waals surface area contributed by atoms with Gasteiger partial charge < -0.3 is 15.8 Å². The average molecular weight is 390 g/mol. The SMILES string of the molecule is CC(C)Oc1cc2c(c3nccnc13)NCC(N)=C2c1ccc(F)c2[nH]ncc12. The Balaban J connectivity index is 1.83. The number of aromatic nitrogens is 4. The van der Waals surface area contributed by atoms with Crippen molar-refractivity contribution in [2.75, 3.05) is 11.9 Å². The number of halogens is 1. The lowest BCUT2D eigenvalue weighted by Gasteiger charge is -2.26. The first kappa shape index (κ1) is 17.4. The van der Waals surface area contributed by atoms with Crippen molar-refractivity contribution >= 4 is 33.2 Å². The predicted octanol–water partition coefficient (Wildman–Crippen LogP) is 3.58. The van der Waals surface area contributed by atoms with E-state index < -0.39 is 0 Å².